The van der Waals surface area contributed by atoms with Gasteiger partial charge in [0.2, 0.25) is 6.29 Å². The fraction of sp³-hybridized carbons (Fsp3) is 0.381. The number of carbonyl (C=O) groups excluding carboxylic acids is 1. The van der Waals surface area contributed by atoms with Crippen molar-refractivity contribution in [2.75, 3.05) is 13.7 Å². The Bertz CT molecular complexity index is 936. The summed E-state index contributed by atoms with van der Waals surface area (Å²) >= 11 is 0. The number of hydrogen-bond acceptors (Lipinski definition) is 5. The average molecular weight is 443 g/mol. The van der Waals surface area contributed by atoms with E-state index in [0.29, 0.717) is 5.56 Å². The van der Waals surface area contributed by atoms with E-state index in [4.69, 9.17) is 9.47 Å². The maximum absolute atomic E-state index is 14.3. The molecule has 0 aliphatic carbocycles. The molecule has 1 amide bonds. The van der Waals surface area contributed by atoms with E-state index in [9.17, 15) is 32.6 Å². The minimum absolute atomic E-state index is 0.167. The van der Waals surface area contributed by atoms with Gasteiger partial charge in [-0.25, -0.2) is 4.39 Å². The molecule has 31 heavy (non-hydrogen) atoms. The lowest BCUT2D eigenvalue weighted by atomic mass is 10.00. The molecule has 0 spiro atoms. The smallest absolute Gasteiger partial charge is 0.419 e. The zero-order valence-corrected chi connectivity index (χ0v) is 16.4. The van der Waals surface area contributed by atoms with Gasteiger partial charge in [0.15, 0.2) is 6.17 Å². The maximum Gasteiger partial charge on any atom is 0.419 e. The van der Waals surface area contributed by atoms with Crippen LogP contribution in [-0.4, -0.2) is 54.4 Å². The number of rotatable bonds is 5. The summed E-state index contributed by atoms with van der Waals surface area (Å²) in [5.41, 5.74) is -0.369. The summed E-state index contributed by atoms with van der Waals surface area (Å²) in [5, 5.41) is 21.4. The molecule has 1 unspecified atom stereocenters. The van der Waals surface area contributed by atoms with Crippen LogP contribution in [0.4, 0.5) is 17.6 Å². The van der Waals surface area contributed by atoms with Crippen molar-refractivity contribution >= 4 is 5.91 Å². The number of hydrogen-bond donors (Lipinski definition) is 3. The summed E-state index contributed by atoms with van der Waals surface area (Å²) in [6, 6.07) is 9.24. The van der Waals surface area contributed by atoms with E-state index in [1.165, 1.54) is 31.3 Å². The first kappa shape index (κ1) is 23.0. The molecule has 1 aliphatic heterocycles. The van der Waals surface area contributed by atoms with Gasteiger partial charge in [-0.1, -0.05) is 18.2 Å². The van der Waals surface area contributed by atoms with Gasteiger partial charge in [0, 0.05) is 19.0 Å². The van der Waals surface area contributed by atoms with Crippen LogP contribution >= 0.6 is 0 Å². The molecule has 3 rings (SSSR count). The normalized spacial score (nSPS) is 24.0. The summed E-state index contributed by atoms with van der Waals surface area (Å²) in [4.78, 5) is 11.8. The van der Waals surface area contributed by atoms with E-state index in [0.717, 1.165) is 12.1 Å². The fourth-order valence-corrected chi connectivity index (χ4v) is 3.25. The van der Waals surface area contributed by atoms with E-state index in [-0.39, 0.29) is 17.5 Å². The molecular formula is C21H21F4NO5. The van der Waals surface area contributed by atoms with Crippen LogP contribution in [-0.2, 0) is 10.9 Å². The topological polar surface area (TPSA) is 88.0 Å². The maximum atomic E-state index is 14.3. The van der Waals surface area contributed by atoms with Gasteiger partial charge >= 0.3 is 6.18 Å². The molecule has 2 aromatic carbocycles. The fourth-order valence-electron chi connectivity index (χ4n) is 3.25. The molecule has 1 saturated heterocycles. The van der Waals surface area contributed by atoms with E-state index in [1.54, 1.807) is 6.07 Å². The highest BCUT2D eigenvalue weighted by molar-refractivity contribution is 5.95. The number of benzene rings is 2. The number of carbonyl (C=O) groups is 1. The predicted octanol–water partition coefficient (Wildman–Crippen LogP) is 2.92. The van der Waals surface area contributed by atoms with E-state index >= 15 is 0 Å². The zero-order valence-electron chi connectivity index (χ0n) is 16.4. The van der Waals surface area contributed by atoms with Gasteiger partial charge in [0.25, 0.3) is 5.91 Å². The minimum atomic E-state index is -4.83. The van der Waals surface area contributed by atoms with Crippen molar-refractivity contribution < 1.29 is 42.0 Å². The van der Waals surface area contributed by atoms with Gasteiger partial charge in [-0.2, -0.15) is 13.2 Å². The van der Waals surface area contributed by atoms with Crippen molar-refractivity contribution in [3.63, 3.8) is 0 Å². The van der Waals surface area contributed by atoms with Crippen LogP contribution in [0.3, 0.4) is 0 Å². The molecule has 0 radical (unpaired) electrons. The van der Waals surface area contributed by atoms with Gasteiger partial charge in [0.1, 0.15) is 5.75 Å². The SMILES string of the molecule is CNC(=O)c1cccc(-c2ccc(OC3O[C@H](CO)C[C@H](O)[C@@H]3F)c(C(F)(F)F)c2)c1. The Morgan fingerprint density at radius 2 is 1.94 bits per heavy atom. The number of amides is 1. The van der Waals surface area contributed by atoms with Gasteiger partial charge in [0.05, 0.1) is 24.4 Å². The first-order valence-corrected chi connectivity index (χ1v) is 9.43. The molecule has 10 heteroatoms. The van der Waals surface area contributed by atoms with Gasteiger partial charge in [-0.3, -0.25) is 4.79 Å². The van der Waals surface area contributed by atoms with Crippen molar-refractivity contribution in [1.82, 2.24) is 5.32 Å². The Balaban J connectivity index is 1.95. The van der Waals surface area contributed by atoms with Crippen LogP contribution in [0.25, 0.3) is 11.1 Å². The summed E-state index contributed by atoms with van der Waals surface area (Å²) in [6.07, 6.45) is -11.5. The molecule has 0 saturated carbocycles. The Hall–Kier alpha value is -2.69. The Kier molecular flexibility index (Phi) is 6.83. The Morgan fingerprint density at radius 1 is 1.23 bits per heavy atom. The minimum Gasteiger partial charge on any atom is -0.461 e. The number of nitrogens with one attached hydrogen (secondary N) is 1. The number of halogens is 4. The van der Waals surface area contributed by atoms with Crippen LogP contribution in [0.15, 0.2) is 42.5 Å². The summed E-state index contributed by atoms with van der Waals surface area (Å²) in [5.74, 6) is -1.07. The standard InChI is InChI=1S/C21H21F4NO5/c1-26-19(29)13-4-2-3-11(7-13)12-5-6-17(15(8-12)21(23,24)25)31-20-18(22)16(28)9-14(10-27)30-20/h2-8,14,16,18,20,27-28H,9-10H2,1H3,(H,26,29)/t14-,16-,18-,20?/m0/s1. The third kappa shape index (κ3) is 5.15. The van der Waals surface area contributed by atoms with Crippen molar-refractivity contribution in [3.05, 3.63) is 53.6 Å². The van der Waals surface area contributed by atoms with Crippen LogP contribution in [0.1, 0.15) is 22.3 Å². The molecular weight excluding hydrogens is 422 g/mol. The number of aliphatic hydroxyl groups excluding tert-OH is 2. The average Bonchev–Trinajstić information content (AvgIpc) is 2.75. The lowest BCUT2D eigenvalue weighted by Gasteiger charge is -2.35. The van der Waals surface area contributed by atoms with Crippen LogP contribution < -0.4 is 10.1 Å². The highest BCUT2D eigenvalue weighted by Crippen LogP contribution is 2.40. The second kappa shape index (κ2) is 9.21. The molecule has 3 N–H and O–H groups in total. The first-order valence-electron chi connectivity index (χ1n) is 9.43. The highest BCUT2D eigenvalue weighted by Gasteiger charge is 2.42. The van der Waals surface area contributed by atoms with Gasteiger partial charge in [-0.05, 0) is 35.4 Å². The lowest BCUT2D eigenvalue weighted by Crippen LogP contribution is -2.49. The first-order chi connectivity index (χ1) is 14.6. The summed E-state index contributed by atoms with van der Waals surface area (Å²) < 4.78 is 65.7. The van der Waals surface area contributed by atoms with E-state index < -0.39 is 54.7 Å². The number of ether oxygens (including phenoxy) is 2. The van der Waals surface area contributed by atoms with Crippen LogP contribution in [0.2, 0.25) is 0 Å². The van der Waals surface area contributed by atoms with Crippen molar-refractivity contribution in [2.24, 2.45) is 0 Å². The molecule has 168 valence electrons. The molecule has 0 bridgehead atoms. The third-order valence-electron chi connectivity index (χ3n) is 4.88. The lowest BCUT2D eigenvalue weighted by molar-refractivity contribution is -0.223. The molecule has 6 nitrogen and oxygen atoms in total. The number of aliphatic hydroxyl groups is 2. The van der Waals surface area contributed by atoms with Gasteiger partial charge in [-0.15, -0.1) is 0 Å². The van der Waals surface area contributed by atoms with Crippen molar-refractivity contribution in [2.45, 2.75) is 37.3 Å². The quantitative estimate of drug-likeness (QED) is 0.619. The molecule has 2 aromatic rings. The van der Waals surface area contributed by atoms with Crippen LogP contribution in [0, 0.1) is 0 Å². The number of alkyl halides is 4. The predicted molar refractivity (Wildman–Crippen MR) is 102 cm³/mol. The zero-order chi connectivity index (χ0) is 22.8. The van der Waals surface area contributed by atoms with E-state index in [2.05, 4.69) is 5.32 Å². The molecule has 0 aromatic heterocycles. The molecule has 1 aliphatic rings. The van der Waals surface area contributed by atoms with Crippen molar-refractivity contribution in [3.8, 4) is 16.9 Å². The largest absolute Gasteiger partial charge is 0.461 e. The second-order valence-electron chi connectivity index (χ2n) is 7.04. The van der Waals surface area contributed by atoms with Crippen LogP contribution in [0.5, 0.6) is 5.75 Å². The molecule has 1 heterocycles. The third-order valence-corrected chi connectivity index (χ3v) is 4.88. The van der Waals surface area contributed by atoms with Crippen molar-refractivity contribution in [1.29, 1.82) is 0 Å². The Labute approximate surface area is 175 Å². The second-order valence-corrected chi connectivity index (χ2v) is 7.04. The molecule has 1 fully saturated rings. The monoisotopic (exact) mass is 443 g/mol. The Morgan fingerprint density at radius 3 is 2.58 bits per heavy atom. The highest BCUT2D eigenvalue weighted by atomic mass is 19.4. The summed E-state index contributed by atoms with van der Waals surface area (Å²) in [6.45, 7) is -0.545. The molecule has 4 atom stereocenters. The van der Waals surface area contributed by atoms with E-state index in [1.807, 2.05) is 0 Å². The van der Waals surface area contributed by atoms with Gasteiger partial charge < -0.3 is 25.0 Å². The summed E-state index contributed by atoms with van der Waals surface area (Å²) in [7, 11) is 1.44.